The molecule has 2 nitrogen and oxygen atoms in total. The van der Waals surface area contributed by atoms with Crippen molar-refractivity contribution in [3.8, 4) is 0 Å². The van der Waals surface area contributed by atoms with Crippen molar-refractivity contribution >= 4 is 0 Å². The summed E-state index contributed by atoms with van der Waals surface area (Å²) >= 11 is 0. The zero-order valence-corrected chi connectivity index (χ0v) is 13.8. The van der Waals surface area contributed by atoms with Gasteiger partial charge in [-0.15, -0.1) is 0 Å². The normalized spacial score (nSPS) is 27.8. The first-order chi connectivity index (χ1) is 9.87. The molecule has 2 atom stereocenters. The minimum atomic E-state index is -0.233. The fourth-order valence-corrected chi connectivity index (χ4v) is 3.37. The van der Waals surface area contributed by atoms with E-state index in [0.717, 1.165) is 19.6 Å². The minimum Gasteiger partial charge on any atom is -0.305 e. The third-order valence-electron chi connectivity index (χ3n) is 4.64. The van der Waals surface area contributed by atoms with Crippen LogP contribution in [0.15, 0.2) is 30.3 Å². The van der Waals surface area contributed by atoms with Gasteiger partial charge in [0.15, 0.2) is 0 Å². The molecule has 1 saturated heterocycles. The van der Waals surface area contributed by atoms with Crippen LogP contribution in [0.5, 0.6) is 0 Å². The number of nitrogens with zero attached hydrogens (tertiary/aromatic N) is 1. The molecule has 0 bridgehead atoms. The van der Waals surface area contributed by atoms with E-state index in [-0.39, 0.29) is 17.6 Å². The molecular weight excluding hydrogens is 263 g/mol. The van der Waals surface area contributed by atoms with E-state index < -0.39 is 0 Å². The molecule has 0 spiro atoms. The van der Waals surface area contributed by atoms with E-state index >= 15 is 0 Å². The summed E-state index contributed by atoms with van der Waals surface area (Å²) in [6, 6.07) is 11.0. The first-order valence-electron chi connectivity index (χ1n) is 7.97. The SMILES string of the molecule is CC1(c2ccccc2)CN(CCCF)C(C(C)(C)C)CN1. The Morgan fingerprint density at radius 1 is 1.29 bits per heavy atom. The molecule has 0 saturated carbocycles. The first kappa shape index (κ1) is 16.4. The molecule has 0 aliphatic carbocycles. The van der Waals surface area contributed by atoms with Crippen LogP contribution in [0.3, 0.4) is 0 Å². The number of hydrogen-bond acceptors (Lipinski definition) is 2. The molecule has 2 unspecified atom stereocenters. The molecule has 21 heavy (non-hydrogen) atoms. The van der Waals surface area contributed by atoms with E-state index in [4.69, 9.17) is 0 Å². The third-order valence-corrected chi connectivity index (χ3v) is 4.64. The van der Waals surface area contributed by atoms with E-state index in [9.17, 15) is 4.39 Å². The van der Waals surface area contributed by atoms with Gasteiger partial charge in [0, 0.05) is 25.7 Å². The van der Waals surface area contributed by atoms with E-state index in [1.165, 1.54) is 5.56 Å². The maximum absolute atomic E-state index is 12.6. The lowest BCUT2D eigenvalue weighted by Crippen LogP contribution is -2.64. The van der Waals surface area contributed by atoms with Crippen molar-refractivity contribution in [1.29, 1.82) is 0 Å². The van der Waals surface area contributed by atoms with Gasteiger partial charge in [0.2, 0.25) is 0 Å². The van der Waals surface area contributed by atoms with Crippen LogP contribution in [0.25, 0.3) is 0 Å². The highest BCUT2D eigenvalue weighted by Crippen LogP contribution is 2.33. The maximum atomic E-state index is 12.6. The van der Waals surface area contributed by atoms with Crippen molar-refractivity contribution in [3.05, 3.63) is 35.9 Å². The summed E-state index contributed by atoms with van der Waals surface area (Å²) in [4.78, 5) is 2.48. The Balaban J connectivity index is 2.19. The lowest BCUT2D eigenvalue weighted by atomic mass is 9.80. The second-order valence-electron chi connectivity index (χ2n) is 7.47. The van der Waals surface area contributed by atoms with Crippen LogP contribution >= 0.6 is 0 Å². The molecule has 1 N–H and O–H groups in total. The molecule has 1 fully saturated rings. The fraction of sp³-hybridized carbons (Fsp3) is 0.667. The highest BCUT2D eigenvalue weighted by molar-refractivity contribution is 5.25. The van der Waals surface area contributed by atoms with Crippen LogP contribution in [-0.2, 0) is 5.54 Å². The van der Waals surface area contributed by atoms with Crippen molar-refractivity contribution in [2.45, 2.75) is 45.7 Å². The van der Waals surface area contributed by atoms with Gasteiger partial charge in [-0.05, 0) is 24.3 Å². The number of nitrogens with one attached hydrogen (secondary N) is 1. The summed E-state index contributed by atoms with van der Waals surface area (Å²) in [5, 5.41) is 3.74. The molecule has 1 aromatic rings. The van der Waals surface area contributed by atoms with Gasteiger partial charge in [-0.1, -0.05) is 51.1 Å². The van der Waals surface area contributed by atoms with Crippen molar-refractivity contribution in [2.24, 2.45) is 5.41 Å². The van der Waals surface area contributed by atoms with Gasteiger partial charge in [0.1, 0.15) is 0 Å². The molecule has 0 amide bonds. The Bertz CT molecular complexity index is 440. The monoisotopic (exact) mass is 292 g/mol. The predicted molar refractivity (Wildman–Crippen MR) is 87.2 cm³/mol. The number of halogens is 1. The van der Waals surface area contributed by atoms with Gasteiger partial charge in [-0.25, -0.2) is 0 Å². The number of hydrogen-bond donors (Lipinski definition) is 1. The van der Waals surface area contributed by atoms with E-state index in [1.807, 2.05) is 0 Å². The third kappa shape index (κ3) is 3.83. The van der Waals surface area contributed by atoms with E-state index in [0.29, 0.717) is 12.5 Å². The van der Waals surface area contributed by atoms with Crippen molar-refractivity contribution in [2.75, 3.05) is 26.3 Å². The smallest absolute Gasteiger partial charge is 0.0906 e. The van der Waals surface area contributed by atoms with Crippen LogP contribution in [0, 0.1) is 5.41 Å². The van der Waals surface area contributed by atoms with Crippen LogP contribution in [0.1, 0.15) is 39.7 Å². The molecular formula is C18H29FN2. The van der Waals surface area contributed by atoms with Gasteiger partial charge in [-0.2, -0.15) is 0 Å². The summed E-state index contributed by atoms with van der Waals surface area (Å²) in [6.45, 7) is 11.5. The van der Waals surface area contributed by atoms with Crippen LogP contribution in [0.4, 0.5) is 4.39 Å². The fourth-order valence-electron chi connectivity index (χ4n) is 3.37. The van der Waals surface area contributed by atoms with E-state index in [1.54, 1.807) is 0 Å². The maximum Gasteiger partial charge on any atom is 0.0906 e. The zero-order chi connectivity index (χ0) is 15.5. The first-order valence-corrected chi connectivity index (χ1v) is 7.97. The quantitative estimate of drug-likeness (QED) is 0.912. The Kier molecular flexibility index (Phi) is 5.05. The average molecular weight is 292 g/mol. The van der Waals surface area contributed by atoms with Gasteiger partial charge in [-0.3, -0.25) is 9.29 Å². The molecule has 1 aliphatic heterocycles. The Labute approximate surface area is 128 Å². The molecule has 1 heterocycles. The van der Waals surface area contributed by atoms with Crippen LogP contribution in [0.2, 0.25) is 0 Å². The summed E-state index contributed by atoms with van der Waals surface area (Å²) < 4.78 is 12.6. The summed E-state index contributed by atoms with van der Waals surface area (Å²) in [5.74, 6) is 0. The predicted octanol–water partition coefficient (Wildman–Crippen LogP) is 3.58. The van der Waals surface area contributed by atoms with Gasteiger partial charge in [0.05, 0.1) is 12.2 Å². The minimum absolute atomic E-state index is 0.0562. The molecule has 1 aromatic carbocycles. The van der Waals surface area contributed by atoms with E-state index in [2.05, 4.69) is 68.2 Å². The molecule has 0 aromatic heterocycles. The van der Waals surface area contributed by atoms with Gasteiger partial charge < -0.3 is 5.32 Å². The number of alkyl halides is 1. The van der Waals surface area contributed by atoms with Crippen molar-refractivity contribution in [1.82, 2.24) is 10.2 Å². The lowest BCUT2D eigenvalue weighted by molar-refractivity contribution is 0.0244. The van der Waals surface area contributed by atoms with Crippen LogP contribution < -0.4 is 5.32 Å². The summed E-state index contributed by atoms with van der Waals surface area (Å²) in [5.41, 5.74) is 1.45. The lowest BCUT2D eigenvalue weighted by Gasteiger charge is -2.51. The standard InChI is InChI=1S/C18H29FN2/c1-17(2,3)16-13-20-18(4,14-21(16)12-8-11-19)15-9-6-5-7-10-15/h5-7,9-10,16,20H,8,11-14H2,1-4H3. The number of rotatable bonds is 4. The Hall–Kier alpha value is -0.930. The van der Waals surface area contributed by atoms with Gasteiger partial charge in [0.25, 0.3) is 0 Å². The average Bonchev–Trinajstić information content (AvgIpc) is 2.45. The Morgan fingerprint density at radius 3 is 2.52 bits per heavy atom. The summed E-state index contributed by atoms with van der Waals surface area (Å²) in [6.07, 6.45) is 0.622. The molecule has 3 heteroatoms. The van der Waals surface area contributed by atoms with Gasteiger partial charge >= 0.3 is 0 Å². The largest absolute Gasteiger partial charge is 0.305 e. The molecule has 1 aliphatic rings. The van der Waals surface area contributed by atoms with Crippen molar-refractivity contribution < 1.29 is 4.39 Å². The number of piperazine rings is 1. The Morgan fingerprint density at radius 2 is 1.95 bits per heavy atom. The molecule has 0 radical (unpaired) electrons. The second-order valence-corrected chi connectivity index (χ2v) is 7.47. The molecule has 2 rings (SSSR count). The molecule has 118 valence electrons. The van der Waals surface area contributed by atoms with Crippen LogP contribution in [-0.4, -0.2) is 37.3 Å². The summed E-state index contributed by atoms with van der Waals surface area (Å²) in [7, 11) is 0. The number of benzene rings is 1. The van der Waals surface area contributed by atoms with Crippen molar-refractivity contribution in [3.63, 3.8) is 0 Å². The topological polar surface area (TPSA) is 15.3 Å². The zero-order valence-electron chi connectivity index (χ0n) is 13.8. The highest BCUT2D eigenvalue weighted by atomic mass is 19.1. The highest BCUT2D eigenvalue weighted by Gasteiger charge is 2.40. The second kappa shape index (κ2) is 6.45.